The van der Waals surface area contributed by atoms with Gasteiger partial charge < -0.3 is 10.1 Å². The van der Waals surface area contributed by atoms with Crippen LogP contribution in [-0.2, 0) is 4.74 Å². The zero-order valence-corrected chi connectivity index (χ0v) is 9.17. The van der Waals surface area contributed by atoms with E-state index in [1.54, 1.807) is 0 Å². The van der Waals surface area contributed by atoms with Crippen molar-refractivity contribution in [1.82, 2.24) is 10.2 Å². The third-order valence-electron chi connectivity index (χ3n) is 3.51. The standard InChI is InChI=1S/C11H22N2O/c1-12-8-11-9-14-7-6-13(11)10-4-2-3-5-10/h10-12H,2-9H2,1H3. The van der Waals surface area contributed by atoms with Crippen LogP contribution in [0, 0.1) is 0 Å². The van der Waals surface area contributed by atoms with Crippen LogP contribution in [0.25, 0.3) is 0 Å². The van der Waals surface area contributed by atoms with Gasteiger partial charge in [0.2, 0.25) is 0 Å². The Bertz CT molecular complexity index is 167. The van der Waals surface area contributed by atoms with Crippen LogP contribution in [0.3, 0.4) is 0 Å². The second-order valence-electron chi connectivity index (χ2n) is 4.46. The van der Waals surface area contributed by atoms with Crippen molar-refractivity contribution < 1.29 is 4.74 Å². The lowest BCUT2D eigenvalue weighted by Gasteiger charge is -2.39. The van der Waals surface area contributed by atoms with E-state index in [2.05, 4.69) is 10.2 Å². The van der Waals surface area contributed by atoms with E-state index < -0.39 is 0 Å². The number of ether oxygens (including phenoxy) is 1. The highest BCUT2D eigenvalue weighted by Gasteiger charge is 2.30. The Morgan fingerprint density at radius 1 is 1.36 bits per heavy atom. The normalized spacial score (nSPS) is 31.1. The van der Waals surface area contributed by atoms with E-state index in [9.17, 15) is 0 Å². The zero-order chi connectivity index (χ0) is 9.80. The van der Waals surface area contributed by atoms with Crippen LogP contribution in [0.2, 0.25) is 0 Å². The number of rotatable bonds is 3. The Balaban J connectivity index is 1.91. The fraction of sp³-hybridized carbons (Fsp3) is 1.00. The molecule has 1 unspecified atom stereocenters. The van der Waals surface area contributed by atoms with E-state index in [1.165, 1.54) is 25.7 Å². The van der Waals surface area contributed by atoms with Gasteiger partial charge in [-0.3, -0.25) is 4.90 Å². The Morgan fingerprint density at radius 2 is 2.14 bits per heavy atom. The van der Waals surface area contributed by atoms with Crippen LogP contribution in [0.15, 0.2) is 0 Å². The minimum atomic E-state index is 0.608. The minimum absolute atomic E-state index is 0.608. The van der Waals surface area contributed by atoms with Crippen LogP contribution in [0.5, 0.6) is 0 Å². The van der Waals surface area contributed by atoms with Gasteiger partial charge in [0.25, 0.3) is 0 Å². The molecule has 1 heterocycles. The predicted molar refractivity (Wildman–Crippen MR) is 57.5 cm³/mol. The molecule has 82 valence electrons. The van der Waals surface area contributed by atoms with Crippen molar-refractivity contribution in [2.45, 2.75) is 37.8 Å². The summed E-state index contributed by atoms with van der Waals surface area (Å²) in [5, 5.41) is 3.27. The number of morpholine rings is 1. The lowest BCUT2D eigenvalue weighted by molar-refractivity contribution is -0.0262. The highest BCUT2D eigenvalue weighted by Crippen LogP contribution is 2.26. The van der Waals surface area contributed by atoms with Crippen molar-refractivity contribution in [3.8, 4) is 0 Å². The van der Waals surface area contributed by atoms with E-state index in [-0.39, 0.29) is 0 Å². The molecule has 0 amide bonds. The van der Waals surface area contributed by atoms with Crippen molar-refractivity contribution in [2.75, 3.05) is 33.4 Å². The van der Waals surface area contributed by atoms with E-state index >= 15 is 0 Å². The largest absolute Gasteiger partial charge is 0.378 e. The highest BCUT2D eigenvalue weighted by atomic mass is 16.5. The van der Waals surface area contributed by atoms with Gasteiger partial charge in [0.15, 0.2) is 0 Å². The molecule has 14 heavy (non-hydrogen) atoms. The summed E-state index contributed by atoms with van der Waals surface area (Å²) < 4.78 is 5.54. The number of hydrogen-bond acceptors (Lipinski definition) is 3. The van der Waals surface area contributed by atoms with Crippen LogP contribution in [0.1, 0.15) is 25.7 Å². The van der Waals surface area contributed by atoms with Crippen LogP contribution >= 0.6 is 0 Å². The van der Waals surface area contributed by atoms with Crippen molar-refractivity contribution in [3.63, 3.8) is 0 Å². The minimum Gasteiger partial charge on any atom is -0.378 e. The molecule has 2 rings (SSSR count). The van der Waals surface area contributed by atoms with Gasteiger partial charge in [0.1, 0.15) is 0 Å². The maximum atomic E-state index is 5.54. The van der Waals surface area contributed by atoms with Gasteiger partial charge in [-0.1, -0.05) is 12.8 Å². The molecule has 1 aliphatic heterocycles. The van der Waals surface area contributed by atoms with Crippen molar-refractivity contribution in [1.29, 1.82) is 0 Å². The molecule has 1 saturated heterocycles. The lowest BCUT2D eigenvalue weighted by atomic mass is 10.1. The van der Waals surface area contributed by atoms with Gasteiger partial charge in [0, 0.05) is 25.2 Å². The Labute approximate surface area is 86.8 Å². The molecule has 0 radical (unpaired) electrons. The molecule has 1 N–H and O–H groups in total. The fourth-order valence-electron chi connectivity index (χ4n) is 2.80. The summed E-state index contributed by atoms with van der Waals surface area (Å²) in [7, 11) is 2.03. The smallest absolute Gasteiger partial charge is 0.0634 e. The number of nitrogens with one attached hydrogen (secondary N) is 1. The molecule has 0 aromatic carbocycles. The topological polar surface area (TPSA) is 24.5 Å². The Morgan fingerprint density at radius 3 is 2.86 bits per heavy atom. The summed E-state index contributed by atoms with van der Waals surface area (Å²) in [6, 6.07) is 1.45. The summed E-state index contributed by atoms with van der Waals surface area (Å²) in [4.78, 5) is 2.67. The summed E-state index contributed by atoms with van der Waals surface area (Å²) in [5.41, 5.74) is 0. The maximum Gasteiger partial charge on any atom is 0.0634 e. The summed E-state index contributed by atoms with van der Waals surface area (Å²) in [5.74, 6) is 0. The molecule has 2 fully saturated rings. The average molecular weight is 198 g/mol. The average Bonchev–Trinajstić information content (AvgIpc) is 2.72. The first kappa shape index (κ1) is 10.4. The highest BCUT2D eigenvalue weighted by molar-refractivity contribution is 4.85. The first-order valence-corrected chi connectivity index (χ1v) is 5.90. The van der Waals surface area contributed by atoms with E-state index in [1.807, 2.05) is 7.05 Å². The number of nitrogens with zero attached hydrogens (tertiary/aromatic N) is 1. The molecular formula is C11H22N2O. The second-order valence-corrected chi connectivity index (χ2v) is 4.46. The number of likely N-dealkylation sites (N-methyl/N-ethyl adjacent to an activating group) is 1. The van der Waals surface area contributed by atoms with Crippen LogP contribution in [0.4, 0.5) is 0 Å². The van der Waals surface area contributed by atoms with Crippen LogP contribution in [-0.4, -0.2) is 50.3 Å². The first-order chi connectivity index (χ1) is 6.92. The van der Waals surface area contributed by atoms with Gasteiger partial charge in [-0.05, 0) is 19.9 Å². The summed E-state index contributed by atoms with van der Waals surface area (Å²) in [6.07, 6.45) is 5.66. The summed E-state index contributed by atoms with van der Waals surface area (Å²) in [6.45, 7) is 4.04. The van der Waals surface area contributed by atoms with E-state index in [0.717, 1.165) is 32.3 Å². The third kappa shape index (κ3) is 2.27. The maximum absolute atomic E-state index is 5.54. The molecule has 1 atom stereocenters. The van der Waals surface area contributed by atoms with Gasteiger partial charge in [-0.25, -0.2) is 0 Å². The molecule has 1 saturated carbocycles. The van der Waals surface area contributed by atoms with Gasteiger partial charge in [0.05, 0.1) is 13.2 Å². The monoisotopic (exact) mass is 198 g/mol. The van der Waals surface area contributed by atoms with Crippen molar-refractivity contribution in [3.05, 3.63) is 0 Å². The molecule has 3 heteroatoms. The SMILES string of the molecule is CNCC1COCCN1C1CCCC1. The van der Waals surface area contributed by atoms with Crippen molar-refractivity contribution >= 4 is 0 Å². The Hall–Kier alpha value is -0.120. The number of hydrogen-bond donors (Lipinski definition) is 1. The molecule has 3 nitrogen and oxygen atoms in total. The molecule has 2 aliphatic rings. The lowest BCUT2D eigenvalue weighted by Crippen LogP contribution is -2.53. The quantitative estimate of drug-likeness (QED) is 0.727. The molecule has 0 bridgehead atoms. The third-order valence-corrected chi connectivity index (χ3v) is 3.51. The summed E-state index contributed by atoms with van der Waals surface area (Å²) >= 11 is 0. The molecule has 0 aromatic heterocycles. The fourth-order valence-corrected chi connectivity index (χ4v) is 2.80. The van der Waals surface area contributed by atoms with Gasteiger partial charge >= 0.3 is 0 Å². The zero-order valence-electron chi connectivity index (χ0n) is 9.17. The van der Waals surface area contributed by atoms with Crippen LogP contribution < -0.4 is 5.32 Å². The van der Waals surface area contributed by atoms with Gasteiger partial charge in [-0.15, -0.1) is 0 Å². The van der Waals surface area contributed by atoms with Gasteiger partial charge in [-0.2, -0.15) is 0 Å². The second kappa shape index (κ2) is 5.10. The van der Waals surface area contributed by atoms with E-state index in [4.69, 9.17) is 4.74 Å². The van der Waals surface area contributed by atoms with Crippen molar-refractivity contribution in [2.24, 2.45) is 0 Å². The molecule has 1 aliphatic carbocycles. The molecular weight excluding hydrogens is 176 g/mol. The Kier molecular flexibility index (Phi) is 3.79. The molecule has 0 aromatic rings. The van der Waals surface area contributed by atoms with E-state index in [0.29, 0.717) is 6.04 Å². The predicted octanol–water partition coefficient (Wildman–Crippen LogP) is 0.849. The molecule has 0 spiro atoms. The first-order valence-electron chi connectivity index (χ1n) is 5.90.